The van der Waals surface area contributed by atoms with Crippen LogP contribution in [0.4, 0.5) is 0 Å². The number of morpholine rings is 1. The van der Waals surface area contributed by atoms with Gasteiger partial charge in [-0.2, -0.15) is 5.10 Å². The second-order valence-corrected chi connectivity index (χ2v) is 7.88. The van der Waals surface area contributed by atoms with Gasteiger partial charge in [0.05, 0.1) is 30.7 Å². The molecule has 0 bridgehead atoms. The Labute approximate surface area is 126 Å². The molecule has 21 heavy (non-hydrogen) atoms. The highest BCUT2D eigenvalue weighted by atomic mass is 32.2. The normalized spacial score (nSPS) is 21.1. The summed E-state index contributed by atoms with van der Waals surface area (Å²) in [6.07, 6.45) is 0. The topological polar surface area (TPSA) is 78.5 Å². The number of aromatic nitrogens is 2. The van der Waals surface area contributed by atoms with Crippen molar-refractivity contribution in [1.82, 2.24) is 19.4 Å². The Morgan fingerprint density at radius 3 is 2.71 bits per heavy atom. The minimum atomic E-state index is -3.18. The average molecular weight is 316 g/mol. The number of nitrogens with one attached hydrogen (secondary N) is 1. The number of aromatic amines is 1. The van der Waals surface area contributed by atoms with E-state index in [9.17, 15) is 8.42 Å². The Kier molecular flexibility index (Phi) is 5.03. The molecule has 0 saturated carbocycles. The minimum absolute atomic E-state index is 0.0647. The maximum absolute atomic E-state index is 11.9. The third kappa shape index (κ3) is 3.63. The molecule has 1 aromatic rings. The van der Waals surface area contributed by atoms with Crippen LogP contribution >= 0.6 is 0 Å². The molecule has 8 heteroatoms. The lowest BCUT2D eigenvalue weighted by atomic mass is 10.0. The van der Waals surface area contributed by atoms with Gasteiger partial charge < -0.3 is 4.74 Å². The van der Waals surface area contributed by atoms with Gasteiger partial charge in [0, 0.05) is 38.4 Å². The van der Waals surface area contributed by atoms with E-state index in [1.54, 1.807) is 14.1 Å². The number of rotatable bonds is 5. The number of aryl methyl sites for hydroxylation is 2. The van der Waals surface area contributed by atoms with Crippen LogP contribution in [-0.4, -0.2) is 74.0 Å². The standard InChI is InChI=1S/C13H24N4O3S/c1-10-13(11(2)15-14-10)12-9-20-7-5-17(12)6-8-21(18,19)16(3)4/h12H,5-9H2,1-4H3,(H,14,15). The van der Waals surface area contributed by atoms with E-state index in [2.05, 4.69) is 15.1 Å². The number of ether oxygens (including phenoxy) is 1. The summed E-state index contributed by atoms with van der Waals surface area (Å²) in [5.41, 5.74) is 3.09. The van der Waals surface area contributed by atoms with Gasteiger partial charge in [-0.25, -0.2) is 12.7 Å². The predicted molar refractivity (Wildman–Crippen MR) is 80.7 cm³/mol. The molecule has 1 saturated heterocycles. The molecule has 7 nitrogen and oxygen atoms in total. The maximum atomic E-state index is 11.9. The summed E-state index contributed by atoms with van der Waals surface area (Å²) in [5, 5.41) is 7.22. The first-order valence-electron chi connectivity index (χ1n) is 7.06. The Balaban J connectivity index is 2.13. The zero-order valence-corrected chi connectivity index (χ0v) is 13.9. The van der Waals surface area contributed by atoms with Crippen molar-refractivity contribution >= 4 is 10.0 Å². The summed E-state index contributed by atoms with van der Waals surface area (Å²) in [6, 6.07) is 0.0647. The van der Waals surface area contributed by atoms with Gasteiger partial charge in [0.25, 0.3) is 0 Å². The van der Waals surface area contributed by atoms with Crippen LogP contribution in [0, 0.1) is 13.8 Å². The molecule has 0 aromatic carbocycles. The van der Waals surface area contributed by atoms with Crippen molar-refractivity contribution in [2.75, 3.05) is 46.2 Å². The van der Waals surface area contributed by atoms with Crippen molar-refractivity contribution in [3.63, 3.8) is 0 Å². The molecular formula is C13H24N4O3S. The molecule has 1 unspecified atom stereocenters. The summed E-state index contributed by atoms with van der Waals surface area (Å²) in [4.78, 5) is 2.18. The van der Waals surface area contributed by atoms with Crippen LogP contribution in [0.3, 0.4) is 0 Å². The van der Waals surface area contributed by atoms with Crippen LogP contribution in [0.1, 0.15) is 23.0 Å². The van der Waals surface area contributed by atoms with Crippen LogP contribution < -0.4 is 0 Å². The van der Waals surface area contributed by atoms with Crippen molar-refractivity contribution < 1.29 is 13.2 Å². The smallest absolute Gasteiger partial charge is 0.214 e. The molecule has 120 valence electrons. The van der Waals surface area contributed by atoms with Crippen molar-refractivity contribution in [2.24, 2.45) is 0 Å². The Bertz CT molecular complexity index is 563. The fourth-order valence-corrected chi connectivity index (χ4v) is 3.47. The lowest BCUT2D eigenvalue weighted by Crippen LogP contribution is -2.43. The molecular weight excluding hydrogens is 292 g/mol. The molecule has 1 aliphatic heterocycles. The van der Waals surface area contributed by atoms with E-state index >= 15 is 0 Å². The van der Waals surface area contributed by atoms with E-state index < -0.39 is 10.0 Å². The van der Waals surface area contributed by atoms with Crippen LogP contribution in [0.25, 0.3) is 0 Å². The Morgan fingerprint density at radius 2 is 2.14 bits per heavy atom. The molecule has 1 aromatic heterocycles. The highest BCUT2D eigenvalue weighted by Crippen LogP contribution is 2.28. The zero-order chi connectivity index (χ0) is 15.6. The molecule has 0 aliphatic carbocycles. The molecule has 0 spiro atoms. The van der Waals surface area contributed by atoms with Crippen LogP contribution in [0.2, 0.25) is 0 Å². The quantitative estimate of drug-likeness (QED) is 0.845. The molecule has 2 rings (SSSR count). The summed E-state index contributed by atoms with van der Waals surface area (Å²) < 4.78 is 30.8. The van der Waals surface area contributed by atoms with Gasteiger partial charge in [-0.1, -0.05) is 0 Å². The fraction of sp³-hybridized carbons (Fsp3) is 0.769. The lowest BCUT2D eigenvalue weighted by Gasteiger charge is -2.36. The summed E-state index contributed by atoms with van der Waals surface area (Å²) in [5.74, 6) is 0.118. The van der Waals surface area contributed by atoms with Crippen LogP contribution in [0.15, 0.2) is 0 Å². The molecule has 1 atom stereocenters. The van der Waals surface area contributed by atoms with Crippen LogP contribution in [0.5, 0.6) is 0 Å². The maximum Gasteiger partial charge on any atom is 0.214 e. The van der Waals surface area contributed by atoms with Crippen molar-refractivity contribution in [3.8, 4) is 0 Å². The Hall–Kier alpha value is -0.960. The van der Waals surface area contributed by atoms with Gasteiger partial charge in [0.1, 0.15) is 0 Å². The molecule has 0 radical (unpaired) electrons. The number of hydrogen-bond acceptors (Lipinski definition) is 5. The van der Waals surface area contributed by atoms with Gasteiger partial charge in [0.2, 0.25) is 10.0 Å². The average Bonchev–Trinajstić information content (AvgIpc) is 2.76. The van der Waals surface area contributed by atoms with Crippen LogP contribution in [-0.2, 0) is 14.8 Å². The monoisotopic (exact) mass is 316 g/mol. The Morgan fingerprint density at radius 1 is 1.43 bits per heavy atom. The van der Waals surface area contributed by atoms with E-state index in [1.165, 1.54) is 4.31 Å². The highest BCUT2D eigenvalue weighted by molar-refractivity contribution is 7.89. The largest absolute Gasteiger partial charge is 0.378 e. The predicted octanol–water partition coefficient (Wildman–Crippen LogP) is 0.291. The van der Waals surface area contributed by atoms with E-state index in [-0.39, 0.29) is 11.8 Å². The fourth-order valence-electron chi connectivity index (χ4n) is 2.64. The van der Waals surface area contributed by atoms with Gasteiger partial charge in [-0.05, 0) is 13.8 Å². The number of hydrogen-bond donors (Lipinski definition) is 1. The number of sulfonamides is 1. The molecule has 2 heterocycles. The molecule has 1 fully saturated rings. The van der Waals surface area contributed by atoms with E-state index in [1.807, 2.05) is 13.8 Å². The van der Waals surface area contributed by atoms with Gasteiger partial charge in [-0.15, -0.1) is 0 Å². The van der Waals surface area contributed by atoms with E-state index in [4.69, 9.17) is 4.74 Å². The zero-order valence-electron chi connectivity index (χ0n) is 13.1. The van der Waals surface area contributed by atoms with Crippen molar-refractivity contribution in [1.29, 1.82) is 0 Å². The second-order valence-electron chi connectivity index (χ2n) is 5.57. The summed E-state index contributed by atoms with van der Waals surface area (Å²) in [7, 11) is -0.0507. The first-order chi connectivity index (χ1) is 9.83. The van der Waals surface area contributed by atoms with Crippen molar-refractivity contribution in [2.45, 2.75) is 19.9 Å². The van der Waals surface area contributed by atoms with Gasteiger partial charge in [-0.3, -0.25) is 10.00 Å². The molecule has 1 N–H and O–H groups in total. The van der Waals surface area contributed by atoms with Crippen molar-refractivity contribution in [3.05, 3.63) is 17.0 Å². The minimum Gasteiger partial charge on any atom is -0.378 e. The summed E-state index contributed by atoms with van der Waals surface area (Å²) >= 11 is 0. The molecule has 1 aliphatic rings. The third-order valence-electron chi connectivity index (χ3n) is 3.95. The molecule has 0 amide bonds. The highest BCUT2D eigenvalue weighted by Gasteiger charge is 2.29. The first-order valence-corrected chi connectivity index (χ1v) is 8.67. The second kappa shape index (κ2) is 6.43. The van der Waals surface area contributed by atoms with Gasteiger partial charge in [0.15, 0.2) is 0 Å². The SMILES string of the molecule is Cc1n[nH]c(C)c1C1COCCN1CCS(=O)(=O)N(C)C. The third-order valence-corrected chi connectivity index (χ3v) is 5.76. The summed E-state index contributed by atoms with van der Waals surface area (Å²) in [6.45, 7) is 6.38. The van der Waals surface area contributed by atoms with E-state index in [0.29, 0.717) is 19.8 Å². The number of nitrogens with zero attached hydrogens (tertiary/aromatic N) is 3. The van der Waals surface area contributed by atoms with Gasteiger partial charge >= 0.3 is 0 Å². The first kappa shape index (κ1) is 16.4. The number of H-pyrrole nitrogens is 1. The van der Waals surface area contributed by atoms with E-state index in [0.717, 1.165) is 23.5 Å². The lowest BCUT2D eigenvalue weighted by molar-refractivity contribution is -0.00589.